The Morgan fingerprint density at radius 1 is 0.0800 bits per heavy atom. The summed E-state index contributed by atoms with van der Waals surface area (Å²) in [7, 11) is 0. The number of hydrogen-bond acceptors (Lipinski definition) is 0. The smallest absolute Gasteiger partial charge is 0 e. The summed E-state index contributed by atoms with van der Waals surface area (Å²) in [6.45, 7) is 0. The summed E-state index contributed by atoms with van der Waals surface area (Å²) >= 11 is 0. The summed E-state index contributed by atoms with van der Waals surface area (Å²) in [6.07, 6.45) is 0. The van der Waals surface area contributed by atoms with E-state index >= 15 is 0 Å². The largest absolute Gasteiger partial charge is 0.358 e. The first-order chi connectivity index (χ1) is 0. The molecule has 0 saturated carbocycles. The van der Waals surface area contributed by atoms with E-state index in [0.29, 0.717) is 0 Å². The molecule has 0 aliphatic rings. The maximum absolute atomic E-state index is 0. The van der Waals surface area contributed by atoms with E-state index in [2.05, 4.69) is 0 Å². The van der Waals surface area contributed by atoms with E-state index in [0.717, 1.165) is 0 Å². The minimum absolute atomic E-state index is 0. The Morgan fingerprint density at radius 3 is 0.0800 bits per heavy atom. The fourth-order valence-corrected chi connectivity index (χ4v) is 0. The van der Waals surface area contributed by atoms with Gasteiger partial charge in [0, 0.05) is 506 Å². The van der Waals surface area contributed by atoms with Crippen LogP contribution < -0.4 is 0 Å². The fourth-order valence-electron chi connectivity index (χ4n) is 0. The zero-order chi connectivity index (χ0) is 0. The van der Waals surface area contributed by atoms with Crippen LogP contribution >= 0.6 is 0 Å². The zero-order valence-electron chi connectivity index (χ0n) is 10.8. The van der Waals surface area contributed by atoms with E-state index in [1.54, 1.807) is 0 Å². The molecule has 0 radical (unpaired) electrons. The first-order valence-electron chi connectivity index (χ1n) is 0. The van der Waals surface area contributed by atoms with Crippen LogP contribution in [0.1, 0.15) is 0 Å². The molecule has 0 amide bonds. The molecule has 0 fully saturated rings. The molecule has 0 atom stereocenters. The van der Waals surface area contributed by atoms with Gasteiger partial charge >= 0.3 is 0 Å². The van der Waals surface area contributed by atoms with E-state index in [1.807, 2.05) is 0 Å². The Bertz CT molecular complexity index is 6.06. The zero-order valence-corrected chi connectivity index (χ0v) is 81.2. The predicted octanol–water partition coefficient (Wildman–Crippen LogP) is 0.390. The molecule has 0 aromatic carbocycles. The van der Waals surface area contributed by atoms with Crippen molar-refractivity contribution in [3.05, 3.63) is 7.43 Å². The summed E-state index contributed by atoms with van der Waals surface area (Å²) in [4.78, 5) is 0. The Hall–Kier alpha value is 16.5. The number of rotatable bonds is 0. The average Bonchev–Trinajstić information content (AvgIpc) is 0. The molecule has 0 aromatic heterocycles. The monoisotopic (exact) mass is 4430 g/mol. The van der Waals surface area contributed by atoms with Gasteiger partial charge in [0.05, 0.1) is 0 Å². The van der Waals surface area contributed by atoms with Crippen LogP contribution in [0.15, 0.2) is 0 Å². The molecule has 24 heteroatoms. The van der Waals surface area contributed by atoms with Crippen LogP contribution in [0.2, 0.25) is 0 Å². The molecule has 0 rings (SSSR count). The molecule has 0 bridgehead atoms. The van der Waals surface area contributed by atoms with Gasteiger partial charge in [0.15, 0.2) is 0 Å². The molecule has 0 spiro atoms. The van der Waals surface area contributed by atoms with Crippen molar-refractivity contribution in [2.24, 2.45) is 0 Å². The second-order valence-electron chi connectivity index (χ2n) is 0. The second-order valence-corrected chi connectivity index (χ2v) is 0. The normalized spacial score (nSPS) is 0. The van der Waals surface area contributed by atoms with Crippen LogP contribution in [0.4, 0.5) is 0 Å². The Labute approximate surface area is 498 Å². The van der Waals surface area contributed by atoms with Gasteiger partial charge in [-0.15, -0.1) is 0 Å². The molecular weight excluding hydrogens is 4420 g/mol. The van der Waals surface area contributed by atoms with Gasteiger partial charge in [-0.1, -0.05) is 0 Å². The summed E-state index contributed by atoms with van der Waals surface area (Å²) in [5.74, 6) is 0. The van der Waals surface area contributed by atoms with E-state index in [9.17, 15) is 0 Å². The van der Waals surface area contributed by atoms with Gasteiger partial charge in [-0.05, 0) is 0 Å². The molecule has 152 valence electrons. The van der Waals surface area contributed by atoms with Crippen molar-refractivity contribution in [2.75, 3.05) is 0 Å². The van der Waals surface area contributed by atoms with Crippen molar-refractivity contribution in [1.29, 1.82) is 0 Å². The van der Waals surface area contributed by atoms with Crippen molar-refractivity contribution in [3.8, 4) is 0 Å². The molecule has 0 N–H and O–H groups in total. The van der Waals surface area contributed by atoms with Gasteiger partial charge in [0.1, 0.15) is 0 Å². The van der Waals surface area contributed by atoms with Crippen LogP contribution in [0.5, 0.6) is 0 Å². The fraction of sp³-hybridized carbons (Fsp3) is 0. The van der Waals surface area contributed by atoms with Crippen LogP contribution in [0, 0.1) is 7.43 Å². The standard InChI is InChI=1S/CH3.24W/h1H3;;;;;;;;;;;;;;;;;;;;;;;;/q-1;;;;;;;;;;;;;;;;;;;;;;;;. The minimum atomic E-state index is 0. The molecular formula is CH3W24-. The third-order valence-corrected chi connectivity index (χ3v) is 0. The van der Waals surface area contributed by atoms with Crippen molar-refractivity contribution in [2.45, 2.75) is 0 Å². The van der Waals surface area contributed by atoms with Gasteiger partial charge in [-0.3, -0.25) is 0 Å². The van der Waals surface area contributed by atoms with Crippen molar-refractivity contribution in [3.63, 3.8) is 0 Å². The van der Waals surface area contributed by atoms with Gasteiger partial charge in [-0.25, -0.2) is 0 Å². The molecule has 25 heavy (non-hydrogen) atoms. The minimum Gasteiger partial charge on any atom is -0.358 e. The molecule has 0 heterocycles. The topological polar surface area (TPSA) is 0 Å². The quantitative estimate of drug-likeness (QED) is 0.309. The van der Waals surface area contributed by atoms with Gasteiger partial charge in [0.2, 0.25) is 0 Å². The van der Waals surface area contributed by atoms with Crippen LogP contribution in [0.3, 0.4) is 0 Å². The summed E-state index contributed by atoms with van der Waals surface area (Å²) < 4.78 is 0. The SMILES string of the molecule is [CH3-].[W].[W].[W].[W].[W].[W].[W].[W].[W].[W].[W].[W].[W].[W].[W].[W].[W].[W].[W].[W].[W].[W].[W].[W]. The van der Waals surface area contributed by atoms with Crippen molar-refractivity contribution < 1.29 is 506 Å². The number of hydrogen-bond donors (Lipinski definition) is 0. The summed E-state index contributed by atoms with van der Waals surface area (Å²) in [6, 6.07) is 0. The summed E-state index contributed by atoms with van der Waals surface area (Å²) in [5.41, 5.74) is 0. The van der Waals surface area contributed by atoms with Crippen molar-refractivity contribution in [1.82, 2.24) is 0 Å². The Morgan fingerprint density at radius 2 is 0.0800 bits per heavy atom. The van der Waals surface area contributed by atoms with Crippen LogP contribution in [-0.2, 0) is 506 Å². The molecule has 0 aliphatic heterocycles. The van der Waals surface area contributed by atoms with Crippen LogP contribution in [-0.4, -0.2) is 0 Å². The summed E-state index contributed by atoms with van der Waals surface area (Å²) in [5, 5.41) is 0. The van der Waals surface area contributed by atoms with Gasteiger partial charge in [-0.2, -0.15) is 0 Å². The van der Waals surface area contributed by atoms with Gasteiger partial charge in [0.25, 0.3) is 0 Å². The molecule has 0 aliphatic carbocycles. The third kappa shape index (κ3) is 220. The molecule has 0 aromatic rings. The van der Waals surface area contributed by atoms with Crippen molar-refractivity contribution >= 4 is 0 Å². The maximum Gasteiger partial charge on any atom is 0 e. The van der Waals surface area contributed by atoms with Gasteiger partial charge < -0.3 is 7.43 Å². The Balaban J connectivity index is 0. The second kappa shape index (κ2) is 232. The first-order valence-corrected chi connectivity index (χ1v) is 0. The average molecular weight is 4430 g/mol. The predicted molar refractivity (Wildman–Crippen MR) is 6.41 cm³/mol. The van der Waals surface area contributed by atoms with Crippen LogP contribution in [0.25, 0.3) is 0 Å². The first kappa shape index (κ1) is 250. The molecule has 0 saturated heterocycles. The van der Waals surface area contributed by atoms with E-state index in [-0.39, 0.29) is 513 Å². The molecule has 0 nitrogen and oxygen atoms in total. The van der Waals surface area contributed by atoms with E-state index < -0.39 is 0 Å². The maximum atomic E-state index is 0. The van der Waals surface area contributed by atoms with E-state index in [1.165, 1.54) is 0 Å². The molecule has 0 unspecified atom stereocenters. The Kier molecular flexibility index (Phi) is 2320. The third-order valence-electron chi connectivity index (χ3n) is 0. The van der Waals surface area contributed by atoms with E-state index in [4.69, 9.17) is 0 Å².